The predicted octanol–water partition coefficient (Wildman–Crippen LogP) is 3.44. The van der Waals surface area contributed by atoms with Crippen LogP contribution < -0.4 is 5.32 Å². The van der Waals surface area contributed by atoms with E-state index < -0.39 is 11.7 Å². The van der Waals surface area contributed by atoms with Gasteiger partial charge in [0, 0.05) is 32.2 Å². The molecule has 0 radical (unpaired) electrons. The number of aliphatic imine (C=N–C) groups is 1. The number of benzene rings is 1. The van der Waals surface area contributed by atoms with Crippen molar-refractivity contribution < 1.29 is 18.0 Å². The number of likely N-dealkylation sites (N-methyl/N-ethyl adjacent to an activating group) is 2. The maximum atomic E-state index is 12.7. The molecule has 1 aromatic carbocycles. The second-order valence-electron chi connectivity index (χ2n) is 5.97. The number of nitrogens with zero attached hydrogens (tertiary/aromatic N) is 3. The number of rotatable bonds is 6. The third kappa shape index (κ3) is 9.39. The molecular formula is C20H28F3IN4O. The number of nitrogens with one attached hydrogen (secondary N) is 1. The van der Waals surface area contributed by atoms with Gasteiger partial charge < -0.3 is 15.1 Å². The van der Waals surface area contributed by atoms with Crippen LogP contribution in [0.2, 0.25) is 0 Å². The lowest BCUT2D eigenvalue weighted by Gasteiger charge is -2.25. The molecule has 0 saturated carbocycles. The van der Waals surface area contributed by atoms with Crippen molar-refractivity contribution in [3.63, 3.8) is 0 Å². The number of hydrogen-bond donors (Lipinski definition) is 1. The first kappa shape index (κ1) is 27.0. The van der Waals surface area contributed by atoms with Crippen LogP contribution in [0.25, 0.3) is 0 Å². The molecule has 1 N–H and O–H groups in total. The summed E-state index contributed by atoms with van der Waals surface area (Å²) in [5, 5.41) is 3.08. The first-order valence-corrected chi connectivity index (χ1v) is 9.16. The van der Waals surface area contributed by atoms with Gasteiger partial charge >= 0.3 is 6.18 Å². The fourth-order valence-corrected chi connectivity index (χ4v) is 2.45. The predicted molar refractivity (Wildman–Crippen MR) is 120 cm³/mol. The summed E-state index contributed by atoms with van der Waals surface area (Å²) in [6.07, 6.45) is -4.39. The molecule has 0 aliphatic rings. The molecule has 0 unspecified atom stereocenters. The Hall–Kier alpha value is -1.96. The lowest BCUT2D eigenvalue weighted by Crippen LogP contribution is -2.45. The normalized spacial score (nSPS) is 11.1. The van der Waals surface area contributed by atoms with E-state index in [2.05, 4.69) is 22.2 Å². The lowest BCUT2D eigenvalue weighted by atomic mass is 10.1. The topological polar surface area (TPSA) is 47.9 Å². The van der Waals surface area contributed by atoms with E-state index in [0.29, 0.717) is 25.6 Å². The van der Waals surface area contributed by atoms with Crippen molar-refractivity contribution in [2.45, 2.75) is 26.9 Å². The second-order valence-corrected chi connectivity index (χ2v) is 5.97. The molecule has 0 aromatic heterocycles. The average Bonchev–Trinajstić information content (AvgIpc) is 2.64. The van der Waals surface area contributed by atoms with E-state index in [-0.39, 0.29) is 48.5 Å². The smallest absolute Gasteiger partial charge is 0.356 e. The van der Waals surface area contributed by atoms with Crippen molar-refractivity contribution in [3.8, 4) is 11.8 Å². The Morgan fingerprint density at radius 2 is 1.86 bits per heavy atom. The molecule has 1 aromatic rings. The van der Waals surface area contributed by atoms with Gasteiger partial charge in [0.05, 0.1) is 12.1 Å². The van der Waals surface area contributed by atoms with Crippen LogP contribution in [0.5, 0.6) is 0 Å². The monoisotopic (exact) mass is 524 g/mol. The van der Waals surface area contributed by atoms with Crippen LogP contribution in [0, 0.1) is 11.8 Å². The summed E-state index contributed by atoms with van der Waals surface area (Å²) in [7, 11) is 1.75. The van der Waals surface area contributed by atoms with Crippen LogP contribution in [-0.4, -0.2) is 61.4 Å². The molecule has 1 amide bonds. The van der Waals surface area contributed by atoms with E-state index in [1.807, 2.05) is 20.8 Å². The van der Waals surface area contributed by atoms with E-state index in [9.17, 15) is 18.0 Å². The highest BCUT2D eigenvalue weighted by atomic mass is 127. The molecule has 29 heavy (non-hydrogen) atoms. The van der Waals surface area contributed by atoms with Crippen LogP contribution in [0.3, 0.4) is 0 Å². The Morgan fingerprint density at radius 3 is 2.41 bits per heavy atom. The molecule has 0 saturated heterocycles. The van der Waals surface area contributed by atoms with Crippen molar-refractivity contribution in [2.75, 3.05) is 39.8 Å². The number of halogens is 4. The summed E-state index contributed by atoms with van der Waals surface area (Å²) in [6.45, 7) is 7.91. The maximum absolute atomic E-state index is 12.7. The van der Waals surface area contributed by atoms with Gasteiger partial charge in [0.2, 0.25) is 5.91 Å². The molecule has 0 aliphatic carbocycles. The summed E-state index contributed by atoms with van der Waals surface area (Å²) in [5.74, 6) is 5.96. The van der Waals surface area contributed by atoms with Gasteiger partial charge in [-0.05, 0) is 39.0 Å². The molecular weight excluding hydrogens is 496 g/mol. The molecule has 0 fully saturated rings. The fourth-order valence-electron chi connectivity index (χ4n) is 2.45. The Kier molecular flexibility index (Phi) is 12.4. The van der Waals surface area contributed by atoms with Crippen LogP contribution in [0.15, 0.2) is 29.3 Å². The highest BCUT2D eigenvalue weighted by Gasteiger charge is 2.30. The largest absolute Gasteiger partial charge is 0.416 e. The maximum Gasteiger partial charge on any atom is 0.416 e. The van der Waals surface area contributed by atoms with Crippen molar-refractivity contribution in [1.29, 1.82) is 0 Å². The lowest BCUT2D eigenvalue weighted by molar-refractivity contribution is -0.137. The fraction of sp³-hybridized carbons (Fsp3) is 0.500. The van der Waals surface area contributed by atoms with Crippen LogP contribution in [0.1, 0.15) is 31.9 Å². The highest BCUT2D eigenvalue weighted by molar-refractivity contribution is 14.0. The van der Waals surface area contributed by atoms with Gasteiger partial charge in [-0.1, -0.05) is 17.9 Å². The molecule has 162 valence electrons. The number of alkyl halides is 3. The number of guanidine groups is 1. The Bertz CT molecular complexity index is 737. The van der Waals surface area contributed by atoms with E-state index in [1.165, 1.54) is 12.1 Å². The summed E-state index contributed by atoms with van der Waals surface area (Å²) < 4.78 is 38.2. The van der Waals surface area contributed by atoms with Crippen molar-refractivity contribution in [1.82, 2.24) is 15.1 Å². The third-order valence-corrected chi connectivity index (χ3v) is 3.92. The van der Waals surface area contributed by atoms with Crippen molar-refractivity contribution in [3.05, 3.63) is 35.4 Å². The quantitative estimate of drug-likeness (QED) is 0.269. The summed E-state index contributed by atoms with van der Waals surface area (Å²) in [4.78, 5) is 20.0. The van der Waals surface area contributed by atoms with Crippen molar-refractivity contribution >= 4 is 35.8 Å². The summed E-state index contributed by atoms with van der Waals surface area (Å²) in [5.41, 5.74) is -0.453. The standard InChI is InChI=1S/C20H27F3N4O.HI/c1-5-24-19(26(4)15-18(28)27(6-2)7-3)25-13-9-11-16-10-8-12-17(14-16)20(21,22)23;/h8,10,12,14H,5-7,13,15H2,1-4H3,(H,24,25);1H. The van der Waals surface area contributed by atoms with Gasteiger partial charge in [-0.25, -0.2) is 4.99 Å². The number of carbonyl (C=O) groups excluding carboxylic acids is 1. The number of amides is 1. The first-order chi connectivity index (χ1) is 13.2. The van der Waals surface area contributed by atoms with Crippen LogP contribution in [-0.2, 0) is 11.0 Å². The molecule has 9 heteroatoms. The molecule has 0 heterocycles. The zero-order valence-corrected chi connectivity index (χ0v) is 19.5. The zero-order chi connectivity index (χ0) is 21.2. The third-order valence-electron chi connectivity index (χ3n) is 3.92. The molecule has 0 aliphatic heterocycles. The minimum absolute atomic E-state index is 0. The SMILES string of the molecule is CCNC(=NCC#Cc1cccc(C(F)(F)F)c1)N(C)CC(=O)N(CC)CC.I. The zero-order valence-electron chi connectivity index (χ0n) is 17.1. The molecule has 0 atom stereocenters. The van der Waals surface area contributed by atoms with Gasteiger partial charge in [0.15, 0.2) is 5.96 Å². The number of hydrogen-bond acceptors (Lipinski definition) is 2. The van der Waals surface area contributed by atoms with E-state index >= 15 is 0 Å². The van der Waals surface area contributed by atoms with Crippen molar-refractivity contribution in [2.24, 2.45) is 4.99 Å². The van der Waals surface area contributed by atoms with Gasteiger partial charge in [-0.3, -0.25) is 4.79 Å². The van der Waals surface area contributed by atoms with Gasteiger partial charge in [-0.2, -0.15) is 13.2 Å². The Balaban J connectivity index is 0.00000784. The summed E-state index contributed by atoms with van der Waals surface area (Å²) in [6, 6.07) is 4.87. The minimum Gasteiger partial charge on any atom is -0.356 e. The second kappa shape index (κ2) is 13.3. The average molecular weight is 524 g/mol. The van der Waals surface area contributed by atoms with Gasteiger partial charge in [0.25, 0.3) is 0 Å². The van der Waals surface area contributed by atoms with Crippen LogP contribution in [0.4, 0.5) is 13.2 Å². The van der Waals surface area contributed by atoms with E-state index in [0.717, 1.165) is 12.1 Å². The van der Waals surface area contributed by atoms with E-state index in [1.54, 1.807) is 16.8 Å². The number of carbonyl (C=O) groups is 1. The highest BCUT2D eigenvalue weighted by Crippen LogP contribution is 2.29. The molecule has 1 rings (SSSR count). The van der Waals surface area contributed by atoms with E-state index in [4.69, 9.17) is 0 Å². The molecule has 0 bridgehead atoms. The first-order valence-electron chi connectivity index (χ1n) is 9.16. The van der Waals surface area contributed by atoms with Crippen LogP contribution >= 0.6 is 24.0 Å². The Morgan fingerprint density at radius 1 is 1.21 bits per heavy atom. The minimum atomic E-state index is -4.39. The molecule has 0 spiro atoms. The Labute approximate surface area is 187 Å². The van der Waals surface area contributed by atoms with Gasteiger partial charge in [0.1, 0.15) is 6.54 Å². The summed E-state index contributed by atoms with van der Waals surface area (Å²) >= 11 is 0. The molecule has 5 nitrogen and oxygen atoms in total. The van der Waals surface area contributed by atoms with Gasteiger partial charge in [-0.15, -0.1) is 24.0 Å².